The van der Waals surface area contributed by atoms with Crippen molar-refractivity contribution in [1.82, 2.24) is 10.2 Å². The highest BCUT2D eigenvalue weighted by Crippen LogP contribution is 2.38. The third-order valence-electron chi connectivity index (χ3n) is 5.04. The minimum absolute atomic E-state index is 0.494. The van der Waals surface area contributed by atoms with Crippen molar-refractivity contribution in [2.75, 3.05) is 26.7 Å². The first kappa shape index (κ1) is 17.0. The summed E-state index contributed by atoms with van der Waals surface area (Å²) < 4.78 is 0. The molecule has 0 saturated heterocycles. The first-order chi connectivity index (χ1) is 10.2. The van der Waals surface area contributed by atoms with Crippen LogP contribution < -0.4 is 5.32 Å². The van der Waals surface area contributed by atoms with Gasteiger partial charge in [-0.05, 0) is 56.6 Å². The Bertz CT molecular complexity index is 382. The van der Waals surface area contributed by atoms with Gasteiger partial charge in [0.25, 0.3) is 0 Å². The van der Waals surface area contributed by atoms with Crippen molar-refractivity contribution in [3.63, 3.8) is 0 Å². The summed E-state index contributed by atoms with van der Waals surface area (Å²) in [5, 5.41) is 5.89. The summed E-state index contributed by atoms with van der Waals surface area (Å²) in [6.45, 7) is 8.18. The Labute approximate surface area is 134 Å². The maximum absolute atomic E-state index is 3.70. The van der Waals surface area contributed by atoms with Crippen LogP contribution in [-0.4, -0.2) is 31.6 Å². The molecule has 0 spiro atoms. The molecule has 1 aliphatic rings. The molecule has 0 radical (unpaired) electrons. The van der Waals surface area contributed by atoms with Crippen LogP contribution in [-0.2, 0) is 0 Å². The number of nitrogens with zero attached hydrogens (tertiary/aromatic N) is 1. The summed E-state index contributed by atoms with van der Waals surface area (Å²) in [7, 11) is 2.31. The maximum Gasteiger partial charge on any atom is 0.0410 e. The summed E-state index contributed by atoms with van der Waals surface area (Å²) in [5.74, 6) is 0. The standard InChI is InChI=1S/C18H32N2S/c1-4-12-19-14-18(10-6-5-7-11-18)15-20(3)16(2)17-9-8-13-21-17/h8-9,13,16,19H,4-7,10-12,14-15H2,1-3H3. The summed E-state index contributed by atoms with van der Waals surface area (Å²) in [5.41, 5.74) is 0.494. The van der Waals surface area contributed by atoms with Crippen molar-refractivity contribution >= 4 is 11.3 Å². The van der Waals surface area contributed by atoms with E-state index in [1.165, 1.54) is 56.5 Å². The van der Waals surface area contributed by atoms with E-state index >= 15 is 0 Å². The molecule has 1 aliphatic carbocycles. The molecule has 1 unspecified atom stereocenters. The molecule has 0 aromatic carbocycles. The van der Waals surface area contributed by atoms with Crippen LogP contribution in [0.25, 0.3) is 0 Å². The average molecular weight is 309 g/mol. The molecule has 0 aliphatic heterocycles. The van der Waals surface area contributed by atoms with Crippen LogP contribution in [0.15, 0.2) is 17.5 Å². The SMILES string of the molecule is CCCNCC1(CN(C)C(C)c2cccs2)CCCCC1. The van der Waals surface area contributed by atoms with Crippen LogP contribution >= 0.6 is 11.3 Å². The molecule has 120 valence electrons. The Kier molecular flexibility index (Phi) is 6.72. The van der Waals surface area contributed by atoms with Crippen LogP contribution in [0.1, 0.15) is 63.3 Å². The fourth-order valence-electron chi connectivity index (χ4n) is 3.64. The third-order valence-corrected chi connectivity index (χ3v) is 6.08. The molecule has 1 aromatic heterocycles. The molecule has 2 rings (SSSR count). The van der Waals surface area contributed by atoms with E-state index in [1.807, 2.05) is 11.3 Å². The van der Waals surface area contributed by atoms with Crippen LogP contribution in [0, 0.1) is 5.41 Å². The molecule has 1 aromatic rings. The lowest BCUT2D eigenvalue weighted by Gasteiger charge is -2.42. The second-order valence-electron chi connectivity index (χ2n) is 6.84. The number of hydrogen-bond donors (Lipinski definition) is 1. The van der Waals surface area contributed by atoms with Gasteiger partial charge in [-0.1, -0.05) is 32.3 Å². The fourth-order valence-corrected chi connectivity index (χ4v) is 4.48. The van der Waals surface area contributed by atoms with E-state index in [9.17, 15) is 0 Å². The zero-order chi connectivity index (χ0) is 15.1. The van der Waals surface area contributed by atoms with Crippen molar-refractivity contribution < 1.29 is 0 Å². The second kappa shape index (κ2) is 8.30. The van der Waals surface area contributed by atoms with Crippen LogP contribution in [0.5, 0.6) is 0 Å². The summed E-state index contributed by atoms with van der Waals surface area (Å²) in [4.78, 5) is 4.06. The van der Waals surface area contributed by atoms with Gasteiger partial charge in [-0.15, -0.1) is 11.3 Å². The van der Waals surface area contributed by atoms with Crippen molar-refractivity contribution in [3.8, 4) is 0 Å². The van der Waals surface area contributed by atoms with Gasteiger partial charge in [-0.3, -0.25) is 4.90 Å². The van der Waals surface area contributed by atoms with E-state index in [1.54, 1.807) is 0 Å². The molecule has 1 heterocycles. The highest BCUT2D eigenvalue weighted by Gasteiger charge is 2.33. The van der Waals surface area contributed by atoms with Gasteiger partial charge in [0.2, 0.25) is 0 Å². The van der Waals surface area contributed by atoms with E-state index in [2.05, 4.69) is 48.6 Å². The molecule has 1 fully saturated rings. The lowest BCUT2D eigenvalue weighted by molar-refractivity contribution is 0.0979. The zero-order valence-corrected chi connectivity index (χ0v) is 14.8. The van der Waals surface area contributed by atoms with Crippen LogP contribution in [0.3, 0.4) is 0 Å². The second-order valence-corrected chi connectivity index (χ2v) is 7.82. The van der Waals surface area contributed by atoms with Gasteiger partial charge in [0, 0.05) is 24.0 Å². The van der Waals surface area contributed by atoms with Crippen molar-refractivity contribution in [2.24, 2.45) is 5.41 Å². The van der Waals surface area contributed by atoms with Crippen molar-refractivity contribution in [1.29, 1.82) is 0 Å². The van der Waals surface area contributed by atoms with Crippen LogP contribution in [0.4, 0.5) is 0 Å². The lowest BCUT2D eigenvalue weighted by Crippen LogP contribution is -2.45. The topological polar surface area (TPSA) is 15.3 Å². The molecule has 21 heavy (non-hydrogen) atoms. The van der Waals surface area contributed by atoms with E-state index in [0.29, 0.717) is 11.5 Å². The minimum atomic E-state index is 0.494. The fraction of sp³-hybridized carbons (Fsp3) is 0.778. The number of nitrogens with one attached hydrogen (secondary N) is 1. The van der Waals surface area contributed by atoms with Gasteiger partial charge < -0.3 is 5.32 Å². The lowest BCUT2D eigenvalue weighted by atomic mass is 9.73. The van der Waals surface area contributed by atoms with Gasteiger partial charge in [-0.2, -0.15) is 0 Å². The van der Waals surface area contributed by atoms with E-state index in [4.69, 9.17) is 0 Å². The van der Waals surface area contributed by atoms with E-state index in [0.717, 1.165) is 6.54 Å². The third kappa shape index (κ3) is 4.80. The predicted molar refractivity (Wildman–Crippen MR) is 94.0 cm³/mol. The van der Waals surface area contributed by atoms with Gasteiger partial charge in [0.05, 0.1) is 0 Å². The molecular weight excluding hydrogens is 276 g/mol. The van der Waals surface area contributed by atoms with Gasteiger partial charge in [0.15, 0.2) is 0 Å². The summed E-state index contributed by atoms with van der Waals surface area (Å²) in [6, 6.07) is 4.98. The Balaban J connectivity index is 1.96. The number of rotatable bonds is 8. The first-order valence-electron chi connectivity index (χ1n) is 8.61. The molecule has 3 heteroatoms. The molecule has 1 saturated carbocycles. The largest absolute Gasteiger partial charge is 0.316 e. The number of thiophene rings is 1. The van der Waals surface area contributed by atoms with Crippen molar-refractivity contribution in [3.05, 3.63) is 22.4 Å². The van der Waals surface area contributed by atoms with Crippen LogP contribution in [0.2, 0.25) is 0 Å². The zero-order valence-electron chi connectivity index (χ0n) is 14.0. The minimum Gasteiger partial charge on any atom is -0.316 e. The quantitative estimate of drug-likeness (QED) is 0.701. The normalized spacial score (nSPS) is 19.8. The average Bonchev–Trinajstić information content (AvgIpc) is 3.02. The maximum atomic E-state index is 3.70. The van der Waals surface area contributed by atoms with Gasteiger partial charge in [-0.25, -0.2) is 0 Å². The van der Waals surface area contributed by atoms with Gasteiger partial charge >= 0.3 is 0 Å². The molecule has 1 N–H and O–H groups in total. The highest BCUT2D eigenvalue weighted by atomic mass is 32.1. The molecular formula is C18H32N2S. The van der Waals surface area contributed by atoms with E-state index < -0.39 is 0 Å². The molecule has 2 nitrogen and oxygen atoms in total. The molecule has 1 atom stereocenters. The Morgan fingerprint density at radius 1 is 1.33 bits per heavy atom. The smallest absolute Gasteiger partial charge is 0.0410 e. The Morgan fingerprint density at radius 2 is 2.10 bits per heavy atom. The van der Waals surface area contributed by atoms with Crippen molar-refractivity contribution in [2.45, 2.75) is 58.4 Å². The first-order valence-corrected chi connectivity index (χ1v) is 9.49. The Morgan fingerprint density at radius 3 is 2.71 bits per heavy atom. The monoisotopic (exact) mass is 308 g/mol. The molecule has 0 amide bonds. The molecule has 0 bridgehead atoms. The summed E-state index contributed by atoms with van der Waals surface area (Å²) in [6.07, 6.45) is 8.28. The Hall–Kier alpha value is -0.380. The van der Waals surface area contributed by atoms with Gasteiger partial charge in [0.1, 0.15) is 0 Å². The predicted octanol–water partition coefficient (Wildman–Crippen LogP) is 4.69. The highest BCUT2D eigenvalue weighted by molar-refractivity contribution is 7.10. The van der Waals surface area contributed by atoms with E-state index in [-0.39, 0.29) is 0 Å². The summed E-state index contributed by atoms with van der Waals surface area (Å²) >= 11 is 1.88. The number of hydrogen-bond acceptors (Lipinski definition) is 3.